The summed E-state index contributed by atoms with van der Waals surface area (Å²) < 4.78 is -5.64. The fourth-order valence-electron chi connectivity index (χ4n) is 0.914. The molecule has 4 aliphatic rings. The van der Waals surface area contributed by atoms with E-state index in [9.17, 15) is 0 Å². The fraction of sp³-hybridized carbons (Fsp3) is 0.500. The van der Waals surface area contributed by atoms with Gasteiger partial charge >= 0.3 is 0 Å². The van der Waals surface area contributed by atoms with E-state index in [0.29, 0.717) is 0 Å². The smallest absolute Gasteiger partial charge is 0.128 e. The molecule has 0 unspecified atom stereocenters. The second-order valence-corrected chi connectivity index (χ2v) is 62.7. The van der Waals surface area contributed by atoms with Gasteiger partial charge in [-0.25, -0.2) is 0 Å². The lowest BCUT2D eigenvalue weighted by Gasteiger charge is -2.51. The molecule has 4 saturated heterocycles. The third-order valence-electron chi connectivity index (χ3n) is 1.20. The molecule has 4 fully saturated rings. The Balaban J connectivity index is 0.000000323. The summed E-state index contributed by atoms with van der Waals surface area (Å²) in [5, 5.41) is 0. The van der Waals surface area contributed by atoms with Crippen LogP contribution in [0.2, 0.25) is 0 Å². The highest BCUT2D eigenvalue weighted by molar-refractivity contribution is 9.83. The molecule has 15 heteroatoms. The Bertz CT molecular complexity index is 435. The Morgan fingerprint density at radius 2 is 0.789 bits per heavy atom. The van der Waals surface area contributed by atoms with E-state index in [4.69, 9.17) is 47.2 Å². The summed E-state index contributed by atoms with van der Waals surface area (Å²) in [4.78, 5) is 0. The first-order valence-corrected chi connectivity index (χ1v) is 27.6. The van der Waals surface area contributed by atoms with Gasteiger partial charge in [-0.2, -0.15) is 13.5 Å². The Morgan fingerprint density at radius 1 is 0.684 bits per heavy atom. The summed E-state index contributed by atoms with van der Waals surface area (Å²) in [6.45, 7) is 7.50. The second-order valence-electron chi connectivity index (χ2n) is 3.49. The zero-order valence-electron chi connectivity index (χ0n) is 9.58. The van der Waals surface area contributed by atoms with E-state index >= 15 is 0 Å². The van der Waals surface area contributed by atoms with Crippen LogP contribution in [-0.4, -0.2) is 0 Å². The zero-order valence-corrected chi connectivity index (χ0v) is 22.3. The van der Waals surface area contributed by atoms with Crippen LogP contribution >= 0.6 is 94.1 Å². The molecular weight excluding hydrogens is 525 g/mol. The molecule has 0 atom stereocenters. The molecule has 0 aromatic rings. The Morgan fingerprint density at radius 3 is 0.895 bits per heavy atom. The van der Waals surface area contributed by atoms with Gasteiger partial charge in [-0.3, -0.25) is 0 Å². The molecule has 0 aromatic heterocycles. The summed E-state index contributed by atoms with van der Waals surface area (Å²) in [6, 6.07) is 0. The molecule has 112 valence electrons. The summed E-state index contributed by atoms with van der Waals surface area (Å²) in [5.41, 5.74) is 1.17. The van der Waals surface area contributed by atoms with Gasteiger partial charge in [-0.15, -0.1) is 6.58 Å². The van der Waals surface area contributed by atoms with Crippen molar-refractivity contribution in [1.29, 1.82) is 0 Å². The van der Waals surface area contributed by atoms with Crippen molar-refractivity contribution in [2.45, 2.75) is 13.8 Å². The summed E-state index contributed by atoms with van der Waals surface area (Å²) in [5.74, 6) is 0. The number of rotatable bonds is 0. The first-order valence-electron chi connectivity index (χ1n) is 4.27. The van der Waals surface area contributed by atoms with Gasteiger partial charge in [0, 0.05) is 0 Å². The SMILES string of the molecule is C=C(C)C.S.S=P12SP3(=S)SP(=S)(S1)SP(=S)(S2)S3. The maximum atomic E-state index is 5.75. The number of allylic oxidation sites excluding steroid dienone is 1. The van der Waals surface area contributed by atoms with Crippen molar-refractivity contribution < 1.29 is 0 Å². The Kier molecular flexibility index (Phi) is 8.71. The minimum Gasteiger partial charge on any atom is -0.197 e. The molecule has 0 aromatic carbocycles. The van der Waals surface area contributed by atoms with Crippen molar-refractivity contribution in [3.63, 3.8) is 0 Å². The first kappa shape index (κ1) is 21.8. The average molecular weight is 535 g/mol. The van der Waals surface area contributed by atoms with Crippen LogP contribution in [0, 0.1) is 0 Å². The predicted octanol–water partition coefficient (Wildman–Crippen LogP) is 9.02. The second kappa shape index (κ2) is 7.58. The van der Waals surface area contributed by atoms with Crippen molar-refractivity contribution in [2.24, 2.45) is 0 Å². The van der Waals surface area contributed by atoms with Crippen molar-refractivity contribution in [1.82, 2.24) is 0 Å². The summed E-state index contributed by atoms with van der Waals surface area (Å²) in [6.07, 6.45) is 0. The standard InChI is InChI=1S/C4H8.P4S10.H2S/c1-4(2)3;5-1-9-2(6)12-3(7,10-1)14-4(8,11-1)13-2;/h1H2,2-3H3;;1H2. The van der Waals surface area contributed by atoms with E-state index in [1.54, 1.807) is 0 Å². The van der Waals surface area contributed by atoms with Crippen molar-refractivity contribution in [3.05, 3.63) is 12.2 Å². The van der Waals surface area contributed by atoms with E-state index < -0.39 is 14.6 Å². The van der Waals surface area contributed by atoms with Crippen LogP contribution < -0.4 is 0 Å². The van der Waals surface area contributed by atoms with Gasteiger partial charge in [0.15, 0.2) is 0 Å². The van der Waals surface area contributed by atoms with Gasteiger partial charge < -0.3 is 0 Å². The molecule has 0 spiro atoms. The maximum Gasteiger partial charge on any atom is 0.128 e. The highest BCUT2D eigenvalue weighted by atomic mass is 34.1. The maximum absolute atomic E-state index is 5.75. The minimum atomic E-state index is -1.41. The van der Waals surface area contributed by atoms with Gasteiger partial charge in [-0.1, -0.05) is 52.8 Å². The van der Waals surface area contributed by atoms with Crippen LogP contribution in [0.3, 0.4) is 0 Å². The molecule has 0 radical (unpaired) electrons. The van der Waals surface area contributed by atoms with E-state index in [2.05, 4.69) is 6.58 Å². The molecular formula is C4H10P4S11. The van der Waals surface area contributed by atoms with Gasteiger partial charge in [0.1, 0.15) is 14.6 Å². The van der Waals surface area contributed by atoms with Crippen LogP contribution in [0.4, 0.5) is 0 Å². The number of hydrogen-bond donors (Lipinski definition) is 0. The number of hydrogen-bond acceptors (Lipinski definition) is 10. The third kappa shape index (κ3) is 5.92. The monoisotopic (exact) mass is 534 g/mol. The predicted molar refractivity (Wildman–Crippen MR) is 134 cm³/mol. The average Bonchev–Trinajstić information content (AvgIpc) is 1.86. The summed E-state index contributed by atoms with van der Waals surface area (Å²) >= 11 is 34.5. The van der Waals surface area contributed by atoms with Crippen molar-refractivity contribution >= 4 is 141 Å². The molecule has 0 aliphatic carbocycles. The van der Waals surface area contributed by atoms with Crippen LogP contribution in [0.25, 0.3) is 0 Å². The highest BCUT2D eigenvalue weighted by Crippen LogP contribution is 3.30. The molecule has 0 saturated carbocycles. The zero-order chi connectivity index (χ0) is 13.8. The molecule has 4 rings (SSSR count). The minimum absolute atomic E-state index is 0. The Hall–Kier alpha value is 4.79. The molecule has 4 aliphatic heterocycles. The first-order chi connectivity index (χ1) is 7.97. The lowest BCUT2D eigenvalue weighted by atomic mass is 10.4. The van der Waals surface area contributed by atoms with E-state index in [1.165, 1.54) is 5.57 Å². The van der Waals surface area contributed by atoms with Gasteiger partial charge in [-0.05, 0) is 79.9 Å². The van der Waals surface area contributed by atoms with Crippen LogP contribution in [-0.2, 0) is 47.2 Å². The fourth-order valence-corrected chi connectivity index (χ4v) is 222. The van der Waals surface area contributed by atoms with Gasteiger partial charge in [0.2, 0.25) is 0 Å². The Labute approximate surface area is 165 Å². The normalized spacial score (nSPS) is 49.8. The van der Waals surface area contributed by atoms with Gasteiger partial charge in [0.05, 0.1) is 0 Å². The summed E-state index contributed by atoms with van der Waals surface area (Å²) in [7, 11) is 0. The molecule has 4 bridgehead atoms. The lowest BCUT2D eigenvalue weighted by molar-refractivity contribution is 1.42. The molecule has 0 N–H and O–H groups in total. The molecule has 0 amide bonds. The highest BCUT2D eigenvalue weighted by Gasteiger charge is 2.60. The third-order valence-corrected chi connectivity index (χ3v) is 97.2. The van der Waals surface area contributed by atoms with E-state index in [0.717, 1.165) is 0 Å². The van der Waals surface area contributed by atoms with Crippen LogP contribution in [0.1, 0.15) is 13.8 Å². The molecule has 0 nitrogen and oxygen atoms in total. The molecule has 19 heavy (non-hydrogen) atoms. The van der Waals surface area contributed by atoms with E-state index in [-0.39, 0.29) is 13.5 Å². The van der Waals surface area contributed by atoms with E-state index in [1.807, 2.05) is 79.9 Å². The topological polar surface area (TPSA) is 0 Å². The van der Waals surface area contributed by atoms with Crippen molar-refractivity contribution in [2.75, 3.05) is 0 Å². The molecule has 4 heterocycles. The van der Waals surface area contributed by atoms with Crippen molar-refractivity contribution in [3.8, 4) is 0 Å². The lowest BCUT2D eigenvalue weighted by Crippen LogP contribution is -1.83. The quantitative estimate of drug-likeness (QED) is 0.217. The largest absolute Gasteiger partial charge is 0.197 e. The van der Waals surface area contributed by atoms with Gasteiger partial charge in [0.25, 0.3) is 0 Å². The van der Waals surface area contributed by atoms with Crippen LogP contribution in [0.5, 0.6) is 0 Å². The van der Waals surface area contributed by atoms with Crippen LogP contribution in [0.15, 0.2) is 12.2 Å².